The molecule has 1 aliphatic rings. The molecule has 0 spiro atoms. The van der Waals surface area contributed by atoms with E-state index in [1.54, 1.807) is 18.2 Å². The number of hydrogen-bond acceptors (Lipinski definition) is 2. The highest BCUT2D eigenvalue weighted by Gasteiger charge is 2.19. The van der Waals surface area contributed by atoms with Crippen molar-refractivity contribution in [1.82, 2.24) is 10.2 Å². The van der Waals surface area contributed by atoms with Crippen molar-refractivity contribution in [2.75, 3.05) is 26.2 Å². The number of fused-ring (bicyclic) bond motifs is 1. The molecule has 0 saturated carbocycles. The van der Waals surface area contributed by atoms with E-state index in [0.29, 0.717) is 22.9 Å². The number of benzene rings is 2. The summed E-state index contributed by atoms with van der Waals surface area (Å²) in [5, 5.41) is 4.47. The summed E-state index contributed by atoms with van der Waals surface area (Å²) in [6.45, 7) is 3.20. The highest BCUT2D eigenvalue weighted by molar-refractivity contribution is 6.07. The Kier molecular flexibility index (Phi) is 3.65. The lowest BCUT2D eigenvalue weighted by Gasteiger charge is -2.21. The van der Waals surface area contributed by atoms with Gasteiger partial charge >= 0.3 is 0 Å². The molecule has 0 radical (unpaired) electrons. The van der Waals surface area contributed by atoms with Crippen molar-refractivity contribution in [3.8, 4) is 0 Å². The Morgan fingerprint density at radius 2 is 1.85 bits per heavy atom. The molecule has 20 heavy (non-hydrogen) atoms. The van der Waals surface area contributed by atoms with Crippen LogP contribution in [0.4, 0.5) is 4.39 Å². The predicted octanol–water partition coefficient (Wildman–Crippen LogP) is 2.41. The molecule has 104 valence electrons. The Morgan fingerprint density at radius 3 is 2.70 bits per heavy atom. The average molecular weight is 272 g/mol. The second-order valence-corrected chi connectivity index (χ2v) is 5.04. The third-order valence-electron chi connectivity index (χ3n) is 3.73. The summed E-state index contributed by atoms with van der Waals surface area (Å²) >= 11 is 0. The number of nitrogens with zero attached hydrogens (tertiary/aromatic N) is 1. The van der Waals surface area contributed by atoms with Crippen LogP contribution >= 0.6 is 0 Å². The van der Waals surface area contributed by atoms with Gasteiger partial charge in [0.15, 0.2) is 0 Å². The third-order valence-corrected chi connectivity index (χ3v) is 3.73. The van der Waals surface area contributed by atoms with Crippen molar-refractivity contribution < 1.29 is 9.18 Å². The van der Waals surface area contributed by atoms with Crippen molar-refractivity contribution in [2.45, 2.75) is 6.42 Å². The molecule has 1 amide bonds. The number of nitrogens with one attached hydrogen (secondary N) is 1. The largest absolute Gasteiger partial charge is 0.337 e. The molecule has 1 N–H and O–H groups in total. The molecular formula is C16H17FN2O. The number of amides is 1. The lowest BCUT2D eigenvalue weighted by Crippen LogP contribution is -2.34. The van der Waals surface area contributed by atoms with Gasteiger partial charge in [-0.2, -0.15) is 0 Å². The Balaban J connectivity index is 2.01. The molecule has 1 heterocycles. The van der Waals surface area contributed by atoms with E-state index < -0.39 is 0 Å². The van der Waals surface area contributed by atoms with Crippen LogP contribution in [0.15, 0.2) is 36.4 Å². The standard InChI is InChI=1S/C16H17FN2O/c17-15-7-6-14(12-4-1-2-5-13(12)15)16(20)19-10-3-8-18-9-11-19/h1-2,4-7,18H,3,8-11H2. The maximum atomic E-state index is 13.8. The normalized spacial score (nSPS) is 16.1. The van der Waals surface area contributed by atoms with Crippen molar-refractivity contribution in [1.29, 1.82) is 0 Å². The first-order chi connectivity index (χ1) is 9.77. The van der Waals surface area contributed by atoms with E-state index in [1.807, 2.05) is 17.0 Å². The molecule has 4 heteroatoms. The van der Waals surface area contributed by atoms with E-state index >= 15 is 0 Å². The summed E-state index contributed by atoms with van der Waals surface area (Å²) in [5.41, 5.74) is 0.587. The molecule has 2 aromatic rings. The maximum Gasteiger partial charge on any atom is 0.254 e. The minimum absolute atomic E-state index is 0.00935. The first-order valence-corrected chi connectivity index (χ1v) is 6.94. The van der Waals surface area contributed by atoms with E-state index in [-0.39, 0.29) is 11.7 Å². The van der Waals surface area contributed by atoms with Crippen LogP contribution in [-0.4, -0.2) is 37.0 Å². The van der Waals surface area contributed by atoms with E-state index in [1.165, 1.54) is 6.07 Å². The molecule has 3 rings (SSSR count). The summed E-state index contributed by atoms with van der Waals surface area (Å²) in [6, 6.07) is 10.1. The topological polar surface area (TPSA) is 32.3 Å². The zero-order valence-electron chi connectivity index (χ0n) is 11.2. The van der Waals surface area contributed by atoms with Gasteiger partial charge in [-0.3, -0.25) is 4.79 Å². The first-order valence-electron chi connectivity index (χ1n) is 6.94. The lowest BCUT2D eigenvalue weighted by atomic mass is 10.0. The highest BCUT2D eigenvalue weighted by Crippen LogP contribution is 2.23. The fraction of sp³-hybridized carbons (Fsp3) is 0.312. The van der Waals surface area contributed by atoms with Gasteiger partial charge in [-0.05, 0) is 30.5 Å². The van der Waals surface area contributed by atoms with Crippen LogP contribution in [0.3, 0.4) is 0 Å². The van der Waals surface area contributed by atoms with E-state index in [2.05, 4.69) is 5.32 Å². The van der Waals surface area contributed by atoms with Gasteiger partial charge in [0, 0.05) is 30.6 Å². The van der Waals surface area contributed by atoms with Gasteiger partial charge < -0.3 is 10.2 Å². The molecule has 2 aromatic carbocycles. The minimum Gasteiger partial charge on any atom is -0.337 e. The zero-order chi connectivity index (χ0) is 13.9. The van der Waals surface area contributed by atoms with Gasteiger partial charge in [0.25, 0.3) is 5.91 Å². The van der Waals surface area contributed by atoms with E-state index in [9.17, 15) is 9.18 Å². The maximum absolute atomic E-state index is 13.8. The Morgan fingerprint density at radius 1 is 1.05 bits per heavy atom. The number of rotatable bonds is 1. The van der Waals surface area contributed by atoms with Crippen molar-refractivity contribution in [3.63, 3.8) is 0 Å². The Labute approximate surface area is 117 Å². The minimum atomic E-state index is -0.283. The first kappa shape index (κ1) is 13.1. The molecule has 1 aliphatic heterocycles. The fourth-order valence-electron chi connectivity index (χ4n) is 2.67. The molecule has 0 unspecified atom stereocenters. The number of carbonyl (C=O) groups is 1. The van der Waals surface area contributed by atoms with Crippen molar-refractivity contribution in [3.05, 3.63) is 47.8 Å². The number of hydrogen-bond donors (Lipinski definition) is 1. The lowest BCUT2D eigenvalue weighted by molar-refractivity contribution is 0.0768. The average Bonchev–Trinajstić information content (AvgIpc) is 2.76. The van der Waals surface area contributed by atoms with Crippen LogP contribution in [0.1, 0.15) is 16.8 Å². The van der Waals surface area contributed by atoms with Crippen LogP contribution in [0.5, 0.6) is 0 Å². The molecule has 0 aromatic heterocycles. The molecule has 0 bridgehead atoms. The number of carbonyl (C=O) groups excluding carboxylic acids is 1. The Bertz CT molecular complexity index is 633. The second-order valence-electron chi connectivity index (χ2n) is 5.04. The molecule has 0 aliphatic carbocycles. The van der Waals surface area contributed by atoms with Crippen molar-refractivity contribution >= 4 is 16.7 Å². The Hall–Kier alpha value is -1.94. The summed E-state index contributed by atoms with van der Waals surface area (Å²) in [6.07, 6.45) is 0.949. The van der Waals surface area contributed by atoms with Crippen LogP contribution in [-0.2, 0) is 0 Å². The smallest absolute Gasteiger partial charge is 0.254 e. The molecule has 1 saturated heterocycles. The van der Waals surface area contributed by atoms with Gasteiger partial charge in [0.1, 0.15) is 5.82 Å². The van der Waals surface area contributed by atoms with Gasteiger partial charge in [0.2, 0.25) is 0 Å². The highest BCUT2D eigenvalue weighted by atomic mass is 19.1. The zero-order valence-corrected chi connectivity index (χ0v) is 11.2. The van der Waals surface area contributed by atoms with Crippen LogP contribution in [0.25, 0.3) is 10.8 Å². The van der Waals surface area contributed by atoms with Crippen LogP contribution < -0.4 is 5.32 Å². The van der Waals surface area contributed by atoms with Crippen molar-refractivity contribution in [2.24, 2.45) is 0 Å². The van der Waals surface area contributed by atoms with Crippen LogP contribution in [0, 0.1) is 5.82 Å². The van der Waals surface area contributed by atoms with Gasteiger partial charge in [-0.15, -0.1) is 0 Å². The third kappa shape index (κ3) is 2.39. The van der Waals surface area contributed by atoms with E-state index in [4.69, 9.17) is 0 Å². The monoisotopic (exact) mass is 272 g/mol. The molecule has 3 nitrogen and oxygen atoms in total. The fourth-order valence-corrected chi connectivity index (χ4v) is 2.67. The molecular weight excluding hydrogens is 255 g/mol. The molecule has 1 fully saturated rings. The quantitative estimate of drug-likeness (QED) is 0.864. The SMILES string of the molecule is O=C(c1ccc(F)c2ccccc12)N1CCCNCC1. The summed E-state index contributed by atoms with van der Waals surface area (Å²) in [4.78, 5) is 14.5. The number of halogens is 1. The van der Waals surface area contributed by atoms with Gasteiger partial charge in [-0.25, -0.2) is 4.39 Å². The van der Waals surface area contributed by atoms with E-state index in [0.717, 1.165) is 26.1 Å². The molecule has 0 atom stereocenters. The predicted molar refractivity (Wildman–Crippen MR) is 77.3 cm³/mol. The second kappa shape index (κ2) is 5.59. The van der Waals surface area contributed by atoms with Gasteiger partial charge in [-0.1, -0.05) is 24.3 Å². The van der Waals surface area contributed by atoms with Gasteiger partial charge in [0.05, 0.1) is 0 Å². The summed E-state index contributed by atoms with van der Waals surface area (Å²) in [5.74, 6) is -0.292. The summed E-state index contributed by atoms with van der Waals surface area (Å²) < 4.78 is 13.8. The van der Waals surface area contributed by atoms with Crippen LogP contribution in [0.2, 0.25) is 0 Å². The summed E-state index contributed by atoms with van der Waals surface area (Å²) in [7, 11) is 0.